The average Bonchev–Trinajstić information content (AvgIpc) is 3.59. The Balaban J connectivity index is 0.907. The normalized spacial score (nSPS) is 12.4. The van der Waals surface area contributed by atoms with Crippen molar-refractivity contribution in [3.63, 3.8) is 0 Å². The molecule has 0 bridgehead atoms. The van der Waals surface area contributed by atoms with Crippen LogP contribution in [0.25, 0.3) is 102 Å². The minimum atomic E-state index is -0.135. The van der Waals surface area contributed by atoms with E-state index < -0.39 is 0 Å². The molecule has 0 spiro atoms. The fourth-order valence-corrected chi connectivity index (χ4v) is 8.86. The van der Waals surface area contributed by atoms with E-state index in [4.69, 9.17) is 29.9 Å². The van der Waals surface area contributed by atoms with E-state index in [2.05, 4.69) is 161 Å². The van der Waals surface area contributed by atoms with Crippen LogP contribution >= 0.6 is 0 Å². The van der Waals surface area contributed by atoms with Gasteiger partial charge in [0.2, 0.25) is 0 Å². The van der Waals surface area contributed by atoms with E-state index in [9.17, 15) is 0 Å². The van der Waals surface area contributed by atoms with Crippen molar-refractivity contribution in [2.45, 2.75) is 33.1 Å². The number of fused-ring (bicyclic) bond motifs is 3. The molecule has 0 amide bonds. The van der Waals surface area contributed by atoms with Gasteiger partial charge in [0.15, 0.2) is 34.9 Å². The van der Waals surface area contributed by atoms with Crippen LogP contribution in [-0.4, -0.2) is 29.9 Å². The van der Waals surface area contributed by atoms with E-state index in [1.807, 2.05) is 60.7 Å². The standard InChI is InChI=1S/C59H44N6/c1-37-15-19-43(20-16-37)55-60-53(41-11-7-5-8-12-41)62-57(64-55)45-27-23-39(24-28-45)47-31-33-51-49(35-47)50-36-48(32-34-52(50)59(51,3)4)40-25-29-46(30-26-40)58-63-54(42-13-9-6-10-14-42)61-56(65-58)44-21-17-38(2)18-22-44/h5-36H,1-4H3. The van der Waals surface area contributed by atoms with Crippen LogP contribution in [0.2, 0.25) is 0 Å². The Kier molecular flexibility index (Phi) is 9.85. The van der Waals surface area contributed by atoms with E-state index in [-0.39, 0.29) is 5.41 Å². The molecule has 0 N–H and O–H groups in total. The maximum atomic E-state index is 4.97. The predicted molar refractivity (Wildman–Crippen MR) is 264 cm³/mol. The number of nitrogens with zero attached hydrogens (tertiary/aromatic N) is 6. The van der Waals surface area contributed by atoms with Gasteiger partial charge in [-0.1, -0.05) is 207 Å². The van der Waals surface area contributed by atoms with Crippen molar-refractivity contribution in [1.29, 1.82) is 0 Å². The summed E-state index contributed by atoms with van der Waals surface area (Å²) in [6.07, 6.45) is 0. The molecule has 1 aliphatic carbocycles. The predicted octanol–water partition coefficient (Wildman–Crippen LogP) is 14.3. The highest BCUT2D eigenvalue weighted by Gasteiger charge is 2.35. The monoisotopic (exact) mass is 836 g/mol. The van der Waals surface area contributed by atoms with Gasteiger partial charge in [0.25, 0.3) is 0 Å². The molecule has 1 aliphatic rings. The lowest BCUT2D eigenvalue weighted by Gasteiger charge is -2.21. The maximum absolute atomic E-state index is 4.97. The number of hydrogen-bond acceptors (Lipinski definition) is 6. The summed E-state index contributed by atoms with van der Waals surface area (Å²) in [5.74, 6) is 3.89. The topological polar surface area (TPSA) is 77.3 Å². The molecule has 0 saturated carbocycles. The third-order valence-electron chi connectivity index (χ3n) is 12.6. The Morgan fingerprint density at radius 1 is 0.262 bits per heavy atom. The molecule has 65 heavy (non-hydrogen) atoms. The third-order valence-corrected chi connectivity index (χ3v) is 12.6. The molecular formula is C59H44N6. The minimum Gasteiger partial charge on any atom is -0.208 e. The Hall–Kier alpha value is -8.22. The minimum absolute atomic E-state index is 0.135. The van der Waals surface area contributed by atoms with Gasteiger partial charge in [0.1, 0.15) is 0 Å². The smallest absolute Gasteiger partial charge is 0.164 e. The largest absolute Gasteiger partial charge is 0.208 e. The van der Waals surface area contributed by atoms with Crippen molar-refractivity contribution in [1.82, 2.24) is 29.9 Å². The molecule has 310 valence electrons. The van der Waals surface area contributed by atoms with E-state index in [1.165, 1.54) is 33.4 Å². The fraction of sp³-hybridized carbons (Fsp3) is 0.0847. The molecule has 2 aromatic heterocycles. The molecule has 6 nitrogen and oxygen atoms in total. The molecule has 0 atom stereocenters. The first-order chi connectivity index (χ1) is 31.7. The summed E-state index contributed by atoms with van der Waals surface area (Å²) in [5.41, 5.74) is 17.7. The van der Waals surface area contributed by atoms with Crippen molar-refractivity contribution in [3.8, 4) is 102 Å². The molecule has 0 saturated heterocycles. The zero-order valence-electron chi connectivity index (χ0n) is 36.7. The van der Waals surface area contributed by atoms with Crippen molar-refractivity contribution in [2.24, 2.45) is 0 Å². The van der Waals surface area contributed by atoms with Crippen molar-refractivity contribution < 1.29 is 0 Å². The number of benzene rings is 8. The molecular weight excluding hydrogens is 793 g/mol. The van der Waals surface area contributed by atoms with E-state index in [0.717, 1.165) is 55.6 Å². The summed E-state index contributed by atoms with van der Waals surface area (Å²) < 4.78 is 0. The summed E-state index contributed by atoms with van der Waals surface area (Å²) in [7, 11) is 0. The maximum Gasteiger partial charge on any atom is 0.164 e. The van der Waals surface area contributed by atoms with Gasteiger partial charge < -0.3 is 0 Å². The summed E-state index contributed by atoms with van der Waals surface area (Å²) in [6.45, 7) is 8.82. The Bertz CT molecular complexity index is 3130. The quantitative estimate of drug-likeness (QED) is 0.152. The van der Waals surface area contributed by atoms with Gasteiger partial charge in [-0.25, -0.2) is 29.9 Å². The highest BCUT2D eigenvalue weighted by atomic mass is 15.0. The van der Waals surface area contributed by atoms with Crippen LogP contribution in [0, 0.1) is 13.8 Å². The van der Waals surface area contributed by atoms with E-state index >= 15 is 0 Å². The van der Waals surface area contributed by atoms with Gasteiger partial charge >= 0.3 is 0 Å². The van der Waals surface area contributed by atoms with Crippen LogP contribution in [0.4, 0.5) is 0 Å². The first-order valence-electron chi connectivity index (χ1n) is 22.0. The van der Waals surface area contributed by atoms with Crippen LogP contribution in [0.15, 0.2) is 194 Å². The lowest BCUT2D eigenvalue weighted by Crippen LogP contribution is -2.14. The first kappa shape index (κ1) is 39.6. The number of hydrogen-bond donors (Lipinski definition) is 0. The van der Waals surface area contributed by atoms with Crippen LogP contribution in [0.5, 0.6) is 0 Å². The Labute approximate surface area is 379 Å². The summed E-state index contributed by atoms with van der Waals surface area (Å²) in [5, 5.41) is 0. The summed E-state index contributed by atoms with van der Waals surface area (Å²) in [4.78, 5) is 29.7. The zero-order valence-corrected chi connectivity index (χ0v) is 36.7. The Morgan fingerprint density at radius 2 is 0.508 bits per heavy atom. The van der Waals surface area contributed by atoms with Crippen molar-refractivity contribution in [3.05, 3.63) is 216 Å². The lowest BCUT2D eigenvalue weighted by molar-refractivity contribution is 0.660. The number of rotatable bonds is 8. The first-order valence-corrected chi connectivity index (χ1v) is 22.0. The molecule has 11 rings (SSSR count). The van der Waals surface area contributed by atoms with E-state index in [1.54, 1.807) is 0 Å². The second kappa shape index (κ2) is 16.2. The third kappa shape index (κ3) is 7.59. The molecule has 6 heteroatoms. The lowest BCUT2D eigenvalue weighted by atomic mass is 9.82. The molecule has 8 aromatic carbocycles. The van der Waals surface area contributed by atoms with Crippen molar-refractivity contribution >= 4 is 0 Å². The van der Waals surface area contributed by atoms with Gasteiger partial charge in [-0.3, -0.25) is 0 Å². The summed E-state index contributed by atoms with van der Waals surface area (Å²) >= 11 is 0. The highest BCUT2D eigenvalue weighted by molar-refractivity contribution is 5.87. The van der Waals surface area contributed by atoms with Gasteiger partial charge in [-0.05, 0) is 70.5 Å². The summed E-state index contributed by atoms with van der Waals surface area (Å²) in [6, 6.07) is 67.8. The van der Waals surface area contributed by atoms with Crippen LogP contribution in [-0.2, 0) is 5.41 Å². The molecule has 0 unspecified atom stereocenters. The van der Waals surface area contributed by atoms with Gasteiger partial charge in [0, 0.05) is 38.8 Å². The molecule has 0 radical (unpaired) electrons. The zero-order chi connectivity index (χ0) is 44.1. The van der Waals surface area contributed by atoms with Crippen LogP contribution in [0.1, 0.15) is 36.1 Å². The van der Waals surface area contributed by atoms with Crippen LogP contribution in [0.3, 0.4) is 0 Å². The molecule has 0 aliphatic heterocycles. The molecule has 0 fully saturated rings. The second-order valence-corrected chi connectivity index (χ2v) is 17.4. The van der Waals surface area contributed by atoms with Crippen LogP contribution < -0.4 is 0 Å². The highest BCUT2D eigenvalue weighted by Crippen LogP contribution is 2.50. The van der Waals surface area contributed by atoms with Gasteiger partial charge in [0.05, 0.1) is 0 Å². The molecule has 2 heterocycles. The average molecular weight is 837 g/mol. The second-order valence-electron chi connectivity index (χ2n) is 17.4. The number of aryl methyl sites for hydroxylation is 2. The SMILES string of the molecule is Cc1ccc(-c2nc(-c3ccccc3)nc(-c3ccc(-c4ccc5c(c4)-c4cc(-c6ccc(-c7nc(-c8ccccc8)nc(-c8ccc(C)cc8)n7)cc6)ccc4C5(C)C)cc3)n2)cc1. The number of aromatic nitrogens is 6. The van der Waals surface area contributed by atoms with E-state index in [0.29, 0.717) is 34.9 Å². The van der Waals surface area contributed by atoms with Crippen molar-refractivity contribution in [2.75, 3.05) is 0 Å². The van der Waals surface area contributed by atoms with Gasteiger partial charge in [-0.2, -0.15) is 0 Å². The van der Waals surface area contributed by atoms with Gasteiger partial charge in [-0.15, -0.1) is 0 Å². The fourth-order valence-electron chi connectivity index (χ4n) is 8.86. The molecule has 10 aromatic rings. The Morgan fingerprint density at radius 3 is 0.815 bits per heavy atom.